The second-order valence-corrected chi connectivity index (χ2v) is 10.9. The largest absolute Gasteiger partial charge is 0.418 e. The Morgan fingerprint density at radius 2 is 1.72 bits per heavy atom. The van der Waals surface area contributed by atoms with Crippen LogP contribution in [0, 0.1) is 0 Å². The predicted molar refractivity (Wildman–Crippen MR) is 135 cm³/mol. The van der Waals surface area contributed by atoms with Crippen LogP contribution in [0.4, 0.5) is 13.2 Å². The molecule has 188 valence electrons. The molecule has 12 heteroatoms. The Balaban J connectivity index is 1.73. The third kappa shape index (κ3) is 4.30. The Hall–Kier alpha value is -2.20. The van der Waals surface area contributed by atoms with Crippen LogP contribution in [0.3, 0.4) is 0 Å². The van der Waals surface area contributed by atoms with Gasteiger partial charge in [-0.25, -0.2) is 4.68 Å². The Kier molecular flexibility index (Phi) is 6.78. The fourth-order valence-electron chi connectivity index (χ4n) is 4.17. The maximum Gasteiger partial charge on any atom is 0.403 e. The molecule has 1 aliphatic rings. The van der Waals surface area contributed by atoms with Gasteiger partial charge < -0.3 is 4.42 Å². The van der Waals surface area contributed by atoms with Gasteiger partial charge in [0.25, 0.3) is 5.89 Å². The lowest BCUT2D eigenvalue weighted by atomic mass is 9.68. The van der Waals surface area contributed by atoms with E-state index in [1.165, 1.54) is 11.8 Å². The number of rotatable bonds is 6. The van der Waals surface area contributed by atoms with Gasteiger partial charge in [0.05, 0.1) is 21.3 Å². The second kappa shape index (κ2) is 9.59. The Bertz CT molecular complexity index is 1420. The van der Waals surface area contributed by atoms with Gasteiger partial charge in [-0.2, -0.15) is 18.3 Å². The second-order valence-electron chi connectivity index (χ2n) is 8.32. The third-order valence-corrected chi connectivity index (χ3v) is 7.93. The highest BCUT2D eigenvalue weighted by Crippen LogP contribution is 2.54. The van der Waals surface area contributed by atoms with E-state index in [1.54, 1.807) is 35.0 Å². The van der Waals surface area contributed by atoms with Crippen molar-refractivity contribution in [2.45, 2.75) is 42.7 Å². The van der Waals surface area contributed by atoms with Crippen molar-refractivity contribution < 1.29 is 17.6 Å². The molecule has 0 amide bonds. The van der Waals surface area contributed by atoms with Gasteiger partial charge in [0, 0.05) is 15.6 Å². The molecule has 1 fully saturated rings. The standard InChI is InChI=1S/C24H18Cl3F3N4OS/c1-2-36-20-18(21-31-32-22(35-21)23(10-3-11-23)24(28,29)30)33-34(17-9-8-15(26)12-16(17)27)19(20)13-4-6-14(25)7-5-13/h4-9,12H,2-3,10-11H2,1H3. The van der Waals surface area contributed by atoms with Crippen molar-refractivity contribution in [3.8, 4) is 28.5 Å². The van der Waals surface area contributed by atoms with Crippen LogP contribution in [0.1, 0.15) is 32.1 Å². The maximum absolute atomic E-state index is 13.9. The molecule has 1 aliphatic carbocycles. The van der Waals surface area contributed by atoms with Crippen LogP contribution in [0.15, 0.2) is 51.8 Å². The van der Waals surface area contributed by atoms with E-state index in [9.17, 15) is 13.2 Å². The summed E-state index contributed by atoms with van der Waals surface area (Å²) in [6.07, 6.45) is -4.21. The summed E-state index contributed by atoms with van der Waals surface area (Å²) >= 11 is 20.2. The molecule has 0 N–H and O–H groups in total. The van der Waals surface area contributed by atoms with Crippen LogP contribution in [0.5, 0.6) is 0 Å². The van der Waals surface area contributed by atoms with Crippen LogP contribution >= 0.6 is 46.6 Å². The van der Waals surface area contributed by atoms with Gasteiger partial charge in [-0.15, -0.1) is 22.0 Å². The zero-order chi connectivity index (χ0) is 25.7. The van der Waals surface area contributed by atoms with Crippen LogP contribution < -0.4 is 0 Å². The highest BCUT2D eigenvalue weighted by molar-refractivity contribution is 7.99. The van der Waals surface area contributed by atoms with Gasteiger partial charge in [-0.1, -0.05) is 60.3 Å². The van der Waals surface area contributed by atoms with Gasteiger partial charge >= 0.3 is 6.18 Å². The first kappa shape index (κ1) is 25.4. The summed E-state index contributed by atoms with van der Waals surface area (Å²) in [5.74, 6) is 0.132. The molecule has 2 heterocycles. The summed E-state index contributed by atoms with van der Waals surface area (Å²) in [4.78, 5) is 0.663. The highest BCUT2D eigenvalue weighted by atomic mass is 35.5. The first-order chi connectivity index (χ1) is 17.1. The van der Waals surface area contributed by atoms with E-state index >= 15 is 0 Å². The highest BCUT2D eigenvalue weighted by Gasteiger charge is 2.63. The minimum Gasteiger partial charge on any atom is -0.418 e. The van der Waals surface area contributed by atoms with Crippen LogP contribution in [-0.4, -0.2) is 31.9 Å². The van der Waals surface area contributed by atoms with E-state index in [0.717, 1.165) is 5.56 Å². The lowest BCUT2D eigenvalue weighted by Gasteiger charge is -2.39. The first-order valence-electron chi connectivity index (χ1n) is 11.0. The number of thioether (sulfide) groups is 1. The molecule has 1 saturated carbocycles. The summed E-state index contributed by atoms with van der Waals surface area (Å²) in [6, 6.07) is 12.1. The smallest absolute Gasteiger partial charge is 0.403 e. The summed E-state index contributed by atoms with van der Waals surface area (Å²) in [6.45, 7) is 1.96. The fraction of sp³-hybridized carbons (Fsp3) is 0.292. The molecule has 0 spiro atoms. The predicted octanol–water partition coefficient (Wildman–Crippen LogP) is 8.65. The maximum atomic E-state index is 13.9. The van der Waals surface area contributed by atoms with E-state index in [1.807, 2.05) is 19.1 Å². The molecular weight excluding hydrogens is 556 g/mol. The topological polar surface area (TPSA) is 56.7 Å². The molecular formula is C24H18Cl3F3N4OS. The van der Waals surface area contributed by atoms with Crippen molar-refractivity contribution in [2.75, 3.05) is 5.75 Å². The molecule has 2 aromatic carbocycles. The Morgan fingerprint density at radius 1 is 1.03 bits per heavy atom. The summed E-state index contributed by atoms with van der Waals surface area (Å²) < 4.78 is 49.0. The number of hydrogen-bond acceptors (Lipinski definition) is 5. The van der Waals surface area contributed by atoms with Gasteiger partial charge in [0.1, 0.15) is 5.41 Å². The molecule has 0 unspecified atom stereocenters. The van der Waals surface area contributed by atoms with Crippen molar-refractivity contribution in [3.05, 3.63) is 63.4 Å². The minimum absolute atomic E-state index is 0.0838. The zero-order valence-electron chi connectivity index (χ0n) is 18.7. The lowest BCUT2D eigenvalue weighted by molar-refractivity contribution is -0.219. The number of aromatic nitrogens is 4. The number of hydrogen-bond donors (Lipinski definition) is 0. The van der Waals surface area contributed by atoms with Crippen molar-refractivity contribution in [1.82, 2.24) is 20.0 Å². The number of nitrogens with zero attached hydrogens (tertiary/aromatic N) is 4. The molecule has 36 heavy (non-hydrogen) atoms. The average molecular weight is 574 g/mol. The summed E-state index contributed by atoms with van der Waals surface area (Å²) in [5.41, 5.74) is 0.114. The SMILES string of the molecule is CCSc1c(-c2nnc(C3(C(F)(F)F)CCC3)o2)nn(-c2ccc(Cl)cc2Cl)c1-c1ccc(Cl)cc1. The van der Waals surface area contributed by atoms with Crippen molar-refractivity contribution in [2.24, 2.45) is 0 Å². The molecule has 4 aromatic rings. The fourth-order valence-corrected chi connectivity index (χ4v) is 5.68. The Labute approximate surface area is 223 Å². The van der Waals surface area contributed by atoms with Crippen molar-refractivity contribution in [1.29, 1.82) is 0 Å². The summed E-state index contributed by atoms with van der Waals surface area (Å²) in [7, 11) is 0. The number of benzene rings is 2. The molecule has 0 atom stereocenters. The van der Waals surface area contributed by atoms with Crippen LogP contribution in [0.2, 0.25) is 15.1 Å². The monoisotopic (exact) mass is 572 g/mol. The molecule has 0 radical (unpaired) electrons. The quantitative estimate of drug-likeness (QED) is 0.216. The molecule has 0 aliphatic heterocycles. The minimum atomic E-state index is -4.49. The van der Waals surface area contributed by atoms with Crippen molar-refractivity contribution in [3.63, 3.8) is 0 Å². The first-order valence-corrected chi connectivity index (χ1v) is 13.1. The molecule has 5 nitrogen and oxygen atoms in total. The van der Waals surface area contributed by atoms with E-state index in [2.05, 4.69) is 10.2 Å². The summed E-state index contributed by atoms with van der Waals surface area (Å²) in [5, 5.41) is 13.9. The van der Waals surface area contributed by atoms with Gasteiger partial charge in [-0.3, -0.25) is 0 Å². The molecule has 2 aromatic heterocycles. The van der Waals surface area contributed by atoms with Gasteiger partial charge in [-0.05, 0) is 48.9 Å². The van der Waals surface area contributed by atoms with E-state index in [-0.39, 0.29) is 24.4 Å². The van der Waals surface area contributed by atoms with Crippen molar-refractivity contribution >= 4 is 46.6 Å². The van der Waals surface area contributed by atoms with E-state index < -0.39 is 17.5 Å². The number of alkyl halides is 3. The third-order valence-electron chi connectivity index (χ3n) is 6.17. The molecule has 5 rings (SSSR count). The molecule has 0 saturated heterocycles. The van der Waals surface area contributed by atoms with Crippen LogP contribution in [0.25, 0.3) is 28.5 Å². The molecule has 0 bridgehead atoms. The zero-order valence-corrected chi connectivity index (χ0v) is 21.8. The normalized spacial score (nSPS) is 15.2. The van der Waals surface area contributed by atoms with Gasteiger partial charge in [0.15, 0.2) is 5.69 Å². The average Bonchev–Trinajstić information content (AvgIpc) is 3.38. The van der Waals surface area contributed by atoms with E-state index in [0.29, 0.717) is 43.5 Å². The lowest BCUT2D eigenvalue weighted by Crippen LogP contribution is -2.48. The van der Waals surface area contributed by atoms with Crippen LogP contribution in [-0.2, 0) is 5.41 Å². The van der Waals surface area contributed by atoms with E-state index in [4.69, 9.17) is 44.3 Å². The Morgan fingerprint density at radius 3 is 2.31 bits per heavy atom. The number of halogens is 6. The van der Waals surface area contributed by atoms with Gasteiger partial charge in [0.2, 0.25) is 5.89 Å².